The molecule has 194 valence electrons. The zero-order valence-corrected chi connectivity index (χ0v) is 20.9. The van der Waals surface area contributed by atoms with Gasteiger partial charge in [-0.25, -0.2) is 9.97 Å². The molecule has 0 radical (unpaired) electrons. The Morgan fingerprint density at radius 2 is 1.78 bits per heavy atom. The van der Waals surface area contributed by atoms with E-state index in [1.807, 2.05) is 54.3 Å². The van der Waals surface area contributed by atoms with E-state index in [0.29, 0.717) is 44.3 Å². The Morgan fingerprint density at radius 1 is 0.973 bits per heavy atom. The van der Waals surface area contributed by atoms with Crippen molar-refractivity contribution in [3.05, 3.63) is 54.9 Å². The first-order chi connectivity index (χ1) is 18.1. The van der Waals surface area contributed by atoms with E-state index in [1.165, 1.54) is 0 Å². The Bertz CT molecular complexity index is 1220. The number of carbonyl (C=O) groups is 1. The third-order valence-electron chi connectivity index (χ3n) is 6.62. The summed E-state index contributed by atoms with van der Waals surface area (Å²) in [6.45, 7) is 5.27. The molecule has 2 aromatic heterocycles. The van der Waals surface area contributed by atoms with Crippen molar-refractivity contribution < 1.29 is 19.4 Å². The maximum atomic E-state index is 11.3. The van der Waals surface area contributed by atoms with Crippen molar-refractivity contribution in [2.45, 2.75) is 32.3 Å². The number of hydrogen-bond donors (Lipinski definition) is 2. The van der Waals surface area contributed by atoms with Crippen molar-refractivity contribution in [1.82, 2.24) is 15.0 Å². The molecule has 2 aliphatic rings. The van der Waals surface area contributed by atoms with Crippen LogP contribution in [0.1, 0.15) is 26.2 Å². The molecule has 0 amide bonds. The number of nitrogens with one attached hydrogen (secondary N) is 1. The van der Waals surface area contributed by atoms with Crippen molar-refractivity contribution in [2.75, 3.05) is 47.9 Å². The van der Waals surface area contributed by atoms with Gasteiger partial charge in [0.2, 0.25) is 0 Å². The van der Waals surface area contributed by atoms with Crippen LogP contribution in [-0.2, 0) is 4.79 Å². The molecule has 3 aromatic rings. The number of piperidine rings is 1. The van der Waals surface area contributed by atoms with Crippen LogP contribution in [0.4, 0.5) is 23.3 Å². The average Bonchev–Trinajstić information content (AvgIpc) is 3.42. The van der Waals surface area contributed by atoms with Gasteiger partial charge in [0.25, 0.3) is 0 Å². The number of aromatic nitrogens is 3. The number of pyridine rings is 1. The molecule has 10 heteroatoms. The van der Waals surface area contributed by atoms with Crippen LogP contribution in [0.3, 0.4) is 0 Å². The van der Waals surface area contributed by atoms with Crippen LogP contribution < -0.4 is 24.6 Å². The predicted octanol–water partition coefficient (Wildman–Crippen LogP) is 3.97. The predicted molar refractivity (Wildman–Crippen MR) is 141 cm³/mol. The van der Waals surface area contributed by atoms with Crippen molar-refractivity contribution in [1.29, 1.82) is 0 Å². The van der Waals surface area contributed by atoms with E-state index < -0.39 is 5.97 Å². The number of aliphatic carboxylic acids is 1. The topological polar surface area (TPSA) is 113 Å². The molecule has 2 aliphatic heterocycles. The highest BCUT2D eigenvalue weighted by atomic mass is 16.5. The van der Waals surface area contributed by atoms with Gasteiger partial charge < -0.3 is 29.7 Å². The van der Waals surface area contributed by atoms with E-state index in [9.17, 15) is 9.90 Å². The Labute approximate surface area is 216 Å². The van der Waals surface area contributed by atoms with Crippen LogP contribution in [0.5, 0.6) is 11.5 Å². The average molecular weight is 505 g/mol. The van der Waals surface area contributed by atoms with E-state index in [-0.39, 0.29) is 12.0 Å². The molecule has 2 saturated heterocycles. The molecule has 0 bridgehead atoms. The fourth-order valence-electron chi connectivity index (χ4n) is 4.78. The van der Waals surface area contributed by atoms with Gasteiger partial charge in [-0.3, -0.25) is 9.78 Å². The lowest BCUT2D eigenvalue weighted by atomic mass is 10.1. The standard InChI is InChI=1S/C27H32N6O4/c1-2-36-21-8-3-4-9-22(21)37-20-7-6-13-32(18-20)26-16-28-15-24(31-26)29-23-10-5-11-25(30-23)33-14-12-19(17-33)27(34)35/h3-5,8-11,15-16,19-20H,2,6-7,12-14,17-18H2,1H3,(H,34,35)(H,29,30,31)/t19?,20-/m1/s1. The van der Waals surface area contributed by atoms with Gasteiger partial charge in [0, 0.05) is 19.6 Å². The van der Waals surface area contributed by atoms with Crippen molar-refractivity contribution >= 4 is 29.2 Å². The molecule has 1 aromatic carbocycles. The summed E-state index contributed by atoms with van der Waals surface area (Å²) in [7, 11) is 0. The van der Waals surface area contributed by atoms with E-state index >= 15 is 0 Å². The molecule has 10 nitrogen and oxygen atoms in total. The molecular weight excluding hydrogens is 472 g/mol. The summed E-state index contributed by atoms with van der Waals surface area (Å²) in [5.74, 6) is 3.16. The lowest BCUT2D eigenvalue weighted by Gasteiger charge is -2.33. The second-order valence-electron chi connectivity index (χ2n) is 9.25. The van der Waals surface area contributed by atoms with Gasteiger partial charge in [0.15, 0.2) is 17.3 Å². The summed E-state index contributed by atoms with van der Waals surface area (Å²) in [6.07, 6.45) is 6.02. The molecule has 37 heavy (non-hydrogen) atoms. The van der Waals surface area contributed by atoms with Gasteiger partial charge in [0.05, 0.1) is 31.5 Å². The number of carboxylic acid groups (broad SMARTS) is 1. The van der Waals surface area contributed by atoms with Crippen molar-refractivity contribution in [2.24, 2.45) is 5.92 Å². The van der Waals surface area contributed by atoms with Gasteiger partial charge in [-0.2, -0.15) is 0 Å². The second kappa shape index (κ2) is 11.3. The normalized spacial score (nSPS) is 19.5. The van der Waals surface area contributed by atoms with Gasteiger partial charge in [0.1, 0.15) is 23.6 Å². The number of nitrogens with zero attached hydrogens (tertiary/aromatic N) is 5. The second-order valence-corrected chi connectivity index (χ2v) is 9.25. The maximum Gasteiger partial charge on any atom is 0.308 e. The molecule has 1 unspecified atom stereocenters. The maximum absolute atomic E-state index is 11.3. The minimum absolute atomic E-state index is 0.0159. The Morgan fingerprint density at radius 3 is 2.59 bits per heavy atom. The first-order valence-electron chi connectivity index (χ1n) is 12.8. The van der Waals surface area contributed by atoms with Gasteiger partial charge >= 0.3 is 5.97 Å². The molecule has 0 aliphatic carbocycles. The van der Waals surface area contributed by atoms with Crippen molar-refractivity contribution in [3.63, 3.8) is 0 Å². The van der Waals surface area contributed by atoms with Gasteiger partial charge in [-0.15, -0.1) is 0 Å². The molecule has 0 spiro atoms. The molecule has 2 fully saturated rings. The number of hydrogen-bond acceptors (Lipinski definition) is 9. The first-order valence-corrected chi connectivity index (χ1v) is 12.8. The van der Waals surface area contributed by atoms with Crippen LogP contribution in [0.2, 0.25) is 0 Å². The van der Waals surface area contributed by atoms with Crippen molar-refractivity contribution in [3.8, 4) is 11.5 Å². The third-order valence-corrected chi connectivity index (χ3v) is 6.62. The molecule has 2 atom stereocenters. The summed E-state index contributed by atoms with van der Waals surface area (Å²) in [5, 5.41) is 12.5. The van der Waals surface area contributed by atoms with Crippen LogP contribution in [0, 0.1) is 5.92 Å². The molecule has 4 heterocycles. The Hall–Kier alpha value is -4.08. The molecule has 2 N–H and O–H groups in total. The van der Waals surface area contributed by atoms with E-state index in [4.69, 9.17) is 14.5 Å². The van der Waals surface area contributed by atoms with Crippen LogP contribution in [0.15, 0.2) is 54.9 Å². The summed E-state index contributed by atoms with van der Waals surface area (Å²) < 4.78 is 12.0. The van der Waals surface area contributed by atoms with E-state index in [0.717, 1.165) is 42.5 Å². The Balaban J connectivity index is 1.24. The van der Waals surface area contributed by atoms with Gasteiger partial charge in [-0.1, -0.05) is 18.2 Å². The minimum Gasteiger partial charge on any atom is -0.490 e. The van der Waals surface area contributed by atoms with Crippen LogP contribution in [0.25, 0.3) is 0 Å². The smallest absolute Gasteiger partial charge is 0.308 e. The number of ether oxygens (including phenoxy) is 2. The fraction of sp³-hybridized carbons (Fsp3) is 0.407. The largest absolute Gasteiger partial charge is 0.490 e. The fourth-order valence-corrected chi connectivity index (χ4v) is 4.78. The van der Waals surface area contributed by atoms with Crippen LogP contribution in [-0.4, -0.2) is 64.9 Å². The number of carboxylic acids is 1. The third kappa shape index (κ3) is 6.02. The number of benzene rings is 1. The van der Waals surface area contributed by atoms with Gasteiger partial charge in [-0.05, 0) is 50.5 Å². The van der Waals surface area contributed by atoms with E-state index in [1.54, 1.807) is 12.4 Å². The summed E-state index contributed by atoms with van der Waals surface area (Å²) in [5.41, 5.74) is 0. The highest BCUT2D eigenvalue weighted by Crippen LogP contribution is 2.30. The first kappa shape index (κ1) is 24.6. The Kier molecular flexibility index (Phi) is 7.53. The highest BCUT2D eigenvalue weighted by molar-refractivity contribution is 5.72. The summed E-state index contributed by atoms with van der Waals surface area (Å²) >= 11 is 0. The molecule has 0 saturated carbocycles. The summed E-state index contributed by atoms with van der Waals surface area (Å²) in [4.78, 5) is 29.4. The van der Waals surface area contributed by atoms with Crippen LogP contribution >= 0.6 is 0 Å². The highest BCUT2D eigenvalue weighted by Gasteiger charge is 2.29. The lowest BCUT2D eigenvalue weighted by molar-refractivity contribution is -0.140. The summed E-state index contributed by atoms with van der Waals surface area (Å²) in [6, 6.07) is 13.4. The number of anilines is 4. The minimum atomic E-state index is -0.757. The molecule has 5 rings (SSSR count). The monoisotopic (exact) mass is 504 g/mol. The quantitative estimate of drug-likeness (QED) is 0.444. The number of rotatable bonds is 9. The zero-order chi connectivity index (χ0) is 25.6. The lowest BCUT2D eigenvalue weighted by Crippen LogP contribution is -2.41. The zero-order valence-electron chi connectivity index (χ0n) is 20.9. The van der Waals surface area contributed by atoms with E-state index in [2.05, 4.69) is 20.2 Å². The SMILES string of the molecule is CCOc1ccccc1O[C@@H]1CCCN(c2cncc(Nc3cccc(N4CCC(C(=O)O)C4)n3)n2)C1. The number of para-hydroxylation sites is 2. The molecular formula is C27H32N6O4.